The molecular weight excluding hydrogens is 551 g/mol. The average molecular weight is 587 g/mol. The van der Waals surface area contributed by atoms with Gasteiger partial charge in [-0.05, 0) is 62.1 Å². The van der Waals surface area contributed by atoms with Crippen LogP contribution in [0.25, 0.3) is 0 Å². The molecule has 0 aromatic heterocycles. The van der Waals surface area contributed by atoms with Gasteiger partial charge in [0.1, 0.15) is 25.6 Å². The maximum absolute atomic E-state index is 12.9. The number of morpholine rings is 1. The van der Waals surface area contributed by atoms with Gasteiger partial charge in [-0.3, -0.25) is 4.79 Å². The van der Waals surface area contributed by atoms with Crippen molar-refractivity contribution in [3.63, 3.8) is 0 Å². The molecule has 10 nitrogen and oxygen atoms in total. The molecule has 1 saturated carbocycles. The average Bonchev–Trinajstić information content (AvgIpc) is 2.94. The lowest BCUT2D eigenvalue weighted by Crippen LogP contribution is -2.72. The summed E-state index contributed by atoms with van der Waals surface area (Å²) < 4.78 is 27.5. The molecule has 1 aliphatic carbocycles. The molecule has 39 heavy (non-hydrogen) atoms. The van der Waals surface area contributed by atoms with Crippen LogP contribution < -0.4 is 10.1 Å². The Morgan fingerprint density at radius 3 is 2.62 bits per heavy atom. The highest BCUT2D eigenvalue weighted by atomic mass is 35.5. The van der Waals surface area contributed by atoms with E-state index in [-0.39, 0.29) is 50.2 Å². The summed E-state index contributed by atoms with van der Waals surface area (Å²) in [6.07, 6.45) is 3.69. The number of hydrogen-bond acceptors (Lipinski definition) is 8. The van der Waals surface area contributed by atoms with E-state index in [0.29, 0.717) is 37.7 Å². The molecule has 3 aliphatic rings. The molecule has 2 aliphatic heterocycles. The molecule has 0 radical (unpaired) electrons. The lowest BCUT2D eigenvalue weighted by molar-refractivity contribution is -0.144. The van der Waals surface area contributed by atoms with Gasteiger partial charge in [0, 0.05) is 6.54 Å². The maximum Gasteiger partial charge on any atom is 0.513 e. The lowest BCUT2D eigenvalue weighted by atomic mass is 9.80. The fraction of sp³-hybridized carbons (Fsp3) is 0.667. The predicted octanol–water partition coefficient (Wildman–Crippen LogP) is 4.21. The predicted molar refractivity (Wildman–Crippen MR) is 144 cm³/mol. The number of hydrogen-bond donors (Lipinski definition) is 1. The Bertz CT molecular complexity index is 986. The fourth-order valence-electron chi connectivity index (χ4n) is 5.72. The van der Waals surface area contributed by atoms with Crippen molar-refractivity contribution in [2.45, 2.75) is 62.1 Å². The highest BCUT2D eigenvalue weighted by Crippen LogP contribution is 2.37. The minimum atomic E-state index is -0.773. The standard InChI is InChI=1S/C27H36Cl2N2O8/c28-10-13-36-25(33)31-12-2-9-27(18-35-17-24(32)30-27)23(31)16-38-21-7-5-19(6-8-21)20-3-1-4-22(15-20)39-26(34)37-14-11-29/h1,3-4,15,19,21,23H,2,5-14,16-18H2,(H,30,32)/t19?,21?,23-,27+/m0/s1. The van der Waals surface area contributed by atoms with Gasteiger partial charge in [0.05, 0.1) is 42.7 Å². The molecule has 1 aromatic rings. The van der Waals surface area contributed by atoms with Crippen LogP contribution in [-0.2, 0) is 23.7 Å². The molecule has 1 N–H and O–H groups in total. The van der Waals surface area contributed by atoms with E-state index in [9.17, 15) is 14.4 Å². The van der Waals surface area contributed by atoms with Crippen LogP contribution in [0.5, 0.6) is 5.75 Å². The lowest BCUT2D eigenvalue weighted by Gasteiger charge is -2.51. The molecule has 2 heterocycles. The van der Waals surface area contributed by atoms with Crippen molar-refractivity contribution in [2.75, 3.05) is 51.3 Å². The highest BCUT2D eigenvalue weighted by Gasteiger charge is 2.50. The number of nitrogens with zero attached hydrogens (tertiary/aromatic N) is 1. The molecule has 4 rings (SSSR count). The Hall–Kier alpha value is -2.27. The first-order chi connectivity index (χ1) is 18.9. The van der Waals surface area contributed by atoms with Gasteiger partial charge >= 0.3 is 12.2 Å². The third-order valence-corrected chi connectivity index (χ3v) is 7.85. The van der Waals surface area contributed by atoms with Gasteiger partial charge in [-0.1, -0.05) is 12.1 Å². The zero-order chi connectivity index (χ0) is 27.7. The third-order valence-electron chi connectivity index (χ3n) is 7.55. The van der Waals surface area contributed by atoms with E-state index in [1.807, 2.05) is 18.2 Å². The molecule has 0 unspecified atom stereocenters. The van der Waals surface area contributed by atoms with Crippen LogP contribution in [-0.4, -0.2) is 92.1 Å². The van der Waals surface area contributed by atoms with Gasteiger partial charge in [-0.25, -0.2) is 9.59 Å². The SMILES string of the molecule is O=C1COC[C@@]2(CCCN(C(=O)OCCCl)[C@H]2COC2CCC(c3cccc(OC(=O)OCCCl)c3)CC2)N1. The number of rotatable bonds is 9. The minimum absolute atomic E-state index is 0.0108. The number of benzene rings is 1. The van der Waals surface area contributed by atoms with E-state index in [4.69, 9.17) is 46.9 Å². The highest BCUT2D eigenvalue weighted by molar-refractivity contribution is 6.18. The van der Waals surface area contributed by atoms with Crippen LogP contribution >= 0.6 is 23.2 Å². The Morgan fingerprint density at radius 1 is 1.10 bits per heavy atom. The Balaban J connectivity index is 1.35. The number of amides is 2. The monoisotopic (exact) mass is 586 g/mol. The van der Waals surface area contributed by atoms with Gasteiger partial charge in [0.25, 0.3) is 0 Å². The van der Waals surface area contributed by atoms with E-state index in [1.54, 1.807) is 11.0 Å². The molecule has 3 fully saturated rings. The topological polar surface area (TPSA) is 113 Å². The van der Waals surface area contributed by atoms with E-state index in [2.05, 4.69) is 5.32 Å². The summed E-state index contributed by atoms with van der Waals surface area (Å²) in [7, 11) is 0. The van der Waals surface area contributed by atoms with Gasteiger partial charge in [-0.2, -0.15) is 0 Å². The van der Waals surface area contributed by atoms with Crippen molar-refractivity contribution >= 4 is 41.4 Å². The Kier molecular flexibility index (Phi) is 11.0. The quantitative estimate of drug-likeness (QED) is 0.260. The van der Waals surface area contributed by atoms with Crippen LogP contribution in [0.1, 0.15) is 50.0 Å². The number of ether oxygens (including phenoxy) is 5. The molecule has 0 bridgehead atoms. The summed E-state index contributed by atoms with van der Waals surface area (Å²) in [5.41, 5.74) is 0.383. The number of carbonyl (C=O) groups is 3. The van der Waals surface area contributed by atoms with E-state index in [1.165, 1.54) is 0 Å². The molecule has 2 amide bonds. The zero-order valence-electron chi connectivity index (χ0n) is 21.9. The van der Waals surface area contributed by atoms with Gasteiger partial charge < -0.3 is 33.9 Å². The minimum Gasteiger partial charge on any atom is -0.448 e. The second-order valence-electron chi connectivity index (χ2n) is 10.1. The van der Waals surface area contributed by atoms with Crippen LogP contribution in [0.3, 0.4) is 0 Å². The summed E-state index contributed by atoms with van der Waals surface area (Å²) in [4.78, 5) is 38.5. The van der Waals surface area contributed by atoms with E-state index in [0.717, 1.165) is 31.2 Å². The summed E-state index contributed by atoms with van der Waals surface area (Å²) in [6, 6.07) is 7.07. The molecule has 1 aromatic carbocycles. The smallest absolute Gasteiger partial charge is 0.448 e. The largest absolute Gasteiger partial charge is 0.513 e. The number of likely N-dealkylation sites (tertiary alicyclic amines) is 1. The molecule has 2 saturated heterocycles. The Morgan fingerprint density at radius 2 is 1.87 bits per heavy atom. The van der Waals surface area contributed by atoms with Crippen molar-refractivity contribution in [1.29, 1.82) is 0 Å². The van der Waals surface area contributed by atoms with Crippen molar-refractivity contribution < 1.29 is 38.1 Å². The van der Waals surface area contributed by atoms with Crippen molar-refractivity contribution in [1.82, 2.24) is 10.2 Å². The summed E-state index contributed by atoms with van der Waals surface area (Å²) in [5, 5.41) is 3.10. The van der Waals surface area contributed by atoms with Crippen molar-refractivity contribution in [3.8, 4) is 5.75 Å². The van der Waals surface area contributed by atoms with E-state index < -0.39 is 23.8 Å². The number of alkyl halides is 2. The van der Waals surface area contributed by atoms with Crippen molar-refractivity contribution in [2.24, 2.45) is 0 Å². The first-order valence-electron chi connectivity index (χ1n) is 13.4. The fourth-order valence-corrected chi connectivity index (χ4v) is 5.88. The second kappa shape index (κ2) is 14.4. The van der Waals surface area contributed by atoms with Crippen LogP contribution in [0.2, 0.25) is 0 Å². The van der Waals surface area contributed by atoms with Gasteiger partial charge in [0.2, 0.25) is 5.91 Å². The zero-order valence-corrected chi connectivity index (χ0v) is 23.4. The number of piperidine rings is 1. The van der Waals surface area contributed by atoms with Crippen LogP contribution in [0, 0.1) is 0 Å². The molecule has 12 heteroatoms. The number of nitrogens with one attached hydrogen (secondary N) is 1. The van der Waals surface area contributed by atoms with Gasteiger partial charge in [0.15, 0.2) is 0 Å². The Labute approximate surface area is 238 Å². The van der Waals surface area contributed by atoms with Crippen molar-refractivity contribution in [3.05, 3.63) is 29.8 Å². The van der Waals surface area contributed by atoms with E-state index >= 15 is 0 Å². The number of carbonyl (C=O) groups excluding carboxylic acids is 3. The van der Waals surface area contributed by atoms with Gasteiger partial charge in [-0.15, -0.1) is 23.2 Å². The number of halogens is 2. The summed E-state index contributed by atoms with van der Waals surface area (Å²) >= 11 is 11.3. The normalized spacial score (nSPS) is 27.1. The first kappa shape index (κ1) is 29.7. The molecule has 1 spiro atoms. The molecular formula is C27H36Cl2N2O8. The maximum atomic E-state index is 12.9. The summed E-state index contributed by atoms with van der Waals surface area (Å²) in [6.45, 7) is 1.32. The second-order valence-corrected chi connectivity index (χ2v) is 10.8. The first-order valence-corrected chi connectivity index (χ1v) is 14.5. The van der Waals surface area contributed by atoms with Crippen LogP contribution in [0.4, 0.5) is 9.59 Å². The summed E-state index contributed by atoms with van der Waals surface area (Å²) in [5.74, 6) is 0.969. The third kappa shape index (κ3) is 7.90. The molecule has 2 atom stereocenters. The van der Waals surface area contributed by atoms with Crippen LogP contribution in [0.15, 0.2) is 24.3 Å². The molecule has 216 valence electrons.